The van der Waals surface area contributed by atoms with Crippen LogP contribution in [0.2, 0.25) is 5.02 Å². The second-order valence-corrected chi connectivity index (χ2v) is 6.92. The number of carbonyl (C=O) groups excluding carboxylic acids is 1. The van der Waals surface area contributed by atoms with Gasteiger partial charge in [-0.2, -0.15) is 0 Å². The number of hydrogen-bond donors (Lipinski definition) is 1. The van der Waals surface area contributed by atoms with Crippen molar-refractivity contribution in [2.75, 3.05) is 0 Å². The van der Waals surface area contributed by atoms with Gasteiger partial charge in [-0.3, -0.25) is 9.59 Å². The number of hydrogen-bond acceptors (Lipinski definition) is 3. The molecule has 0 bridgehead atoms. The number of carbonyl (C=O) groups is 2. The van der Waals surface area contributed by atoms with Gasteiger partial charge in [0.05, 0.1) is 6.10 Å². The standard InChI is InChI=1S/C20H29ClO4/c1-3-15(2)25-20(24)18(19(22)23)10-8-6-4-5-7-9-16-11-13-17(21)14-12-16/h11-15,18H,3-10H2,1-2H3,(H,22,23). The fourth-order valence-corrected chi connectivity index (χ4v) is 2.69. The number of halogens is 1. The van der Waals surface area contributed by atoms with Crippen molar-refractivity contribution in [1.82, 2.24) is 0 Å². The third-order valence-corrected chi connectivity index (χ3v) is 4.60. The summed E-state index contributed by atoms with van der Waals surface area (Å²) >= 11 is 5.86. The molecule has 1 rings (SSSR count). The Hall–Kier alpha value is -1.55. The van der Waals surface area contributed by atoms with Gasteiger partial charge in [-0.25, -0.2) is 0 Å². The van der Waals surface area contributed by atoms with E-state index in [9.17, 15) is 14.7 Å². The van der Waals surface area contributed by atoms with Crippen LogP contribution in [0.4, 0.5) is 0 Å². The summed E-state index contributed by atoms with van der Waals surface area (Å²) in [6, 6.07) is 7.90. The van der Waals surface area contributed by atoms with Crippen molar-refractivity contribution in [3.63, 3.8) is 0 Å². The van der Waals surface area contributed by atoms with Crippen LogP contribution in [0.1, 0.15) is 64.4 Å². The Bertz CT molecular complexity index is 527. The normalized spacial score (nSPS) is 13.2. The maximum Gasteiger partial charge on any atom is 0.320 e. The fourth-order valence-electron chi connectivity index (χ4n) is 2.56. The van der Waals surface area contributed by atoms with Crippen LogP contribution in [0.15, 0.2) is 24.3 Å². The van der Waals surface area contributed by atoms with Gasteiger partial charge in [0.2, 0.25) is 0 Å². The fraction of sp³-hybridized carbons (Fsp3) is 0.600. The van der Waals surface area contributed by atoms with Gasteiger partial charge in [-0.15, -0.1) is 0 Å². The largest absolute Gasteiger partial charge is 0.481 e. The summed E-state index contributed by atoms with van der Waals surface area (Å²) in [6.07, 6.45) is 6.72. The van der Waals surface area contributed by atoms with Crippen LogP contribution in [-0.2, 0) is 20.7 Å². The second-order valence-electron chi connectivity index (χ2n) is 6.48. The molecule has 0 radical (unpaired) electrons. The predicted octanol–water partition coefficient (Wildman–Crippen LogP) is 5.27. The highest BCUT2D eigenvalue weighted by Gasteiger charge is 2.28. The van der Waals surface area contributed by atoms with E-state index in [2.05, 4.69) is 0 Å². The molecule has 1 aromatic rings. The molecule has 0 aliphatic heterocycles. The van der Waals surface area contributed by atoms with Crippen LogP contribution in [-0.4, -0.2) is 23.1 Å². The molecule has 0 spiro atoms. The van der Waals surface area contributed by atoms with Crippen molar-refractivity contribution in [1.29, 1.82) is 0 Å². The first-order valence-corrected chi connectivity index (χ1v) is 9.49. The number of esters is 1. The summed E-state index contributed by atoms with van der Waals surface area (Å²) in [6.45, 7) is 3.68. The molecule has 0 aliphatic rings. The Kier molecular flexibility index (Phi) is 10.2. The molecule has 0 heterocycles. The molecule has 140 valence electrons. The van der Waals surface area contributed by atoms with Gasteiger partial charge in [0.1, 0.15) is 0 Å². The zero-order valence-corrected chi connectivity index (χ0v) is 15.9. The number of benzene rings is 1. The van der Waals surface area contributed by atoms with Crippen LogP contribution in [0.3, 0.4) is 0 Å². The number of unbranched alkanes of at least 4 members (excludes halogenated alkanes) is 4. The predicted molar refractivity (Wildman–Crippen MR) is 99.8 cm³/mol. The van der Waals surface area contributed by atoms with E-state index in [0.717, 1.165) is 43.5 Å². The molecule has 4 nitrogen and oxygen atoms in total. The minimum absolute atomic E-state index is 0.234. The molecule has 5 heteroatoms. The highest BCUT2D eigenvalue weighted by atomic mass is 35.5. The molecule has 0 saturated heterocycles. The number of aryl methyl sites for hydroxylation is 1. The summed E-state index contributed by atoms with van der Waals surface area (Å²) in [5, 5.41) is 9.96. The van der Waals surface area contributed by atoms with Gasteiger partial charge >= 0.3 is 11.9 Å². The summed E-state index contributed by atoms with van der Waals surface area (Å²) < 4.78 is 5.15. The molecule has 0 saturated carbocycles. The summed E-state index contributed by atoms with van der Waals surface area (Å²) in [5.74, 6) is -2.73. The van der Waals surface area contributed by atoms with Gasteiger partial charge in [0, 0.05) is 5.02 Å². The summed E-state index contributed by atoms with van der Waals surface area (Å²) in [7, 11) is 0. The number of aliphatic carboxylic acids is 1. The molecule has 0 fully saturated rings. The maximum atomic E-state index is 11.9. The van der Waals surface area contributed by atoms with E-state index in [1.807, 2.05) is 31.2 Å². The van der Waals surface area contributed by atoms with E-state index >= 15 is 0 Å². The molecule has 2 unspecified atom stereocenters. The van der Waals surface area contributed by atoms with Gasteiger partial charge in [0.15, 0.2) is 5.92 Å². The van der Waals surface area contributed by atoms with Crippen LogP contribution in [0, 0.1) is 5.92 Å². The lowest BCUT2D eigenvalue weighted by Gasteiger charge is -2.15. The molecular formula is C20H29ClO4. The SMILES string of the molecule is CCC(C)OC(=O)C(CCCCCCCc1ccc(Cl)cc1)C(=O)O. The van der Waals surface area contributed by atoms with Crippen molar-refractivity contribution in [2.45, 2.75) is 71.3 Å². The molecule has 0 aromatic heterocycles. The van der Waals surface area contributed by atoms with Crippen molar-refractivity contribution in [2.24, 2.45) is 5.92 Å². The highest BCUT2D eigenvalue weighted by molar-refractivity contribution is 6.30. The van der Waals surface area contributed by atoms with E-state index in [-0.39, 0.29) is 6.10 Å². The van der Waals surface area contributed by atoms with Crippen molar-refractivity contribution in [3.8, 4) is 0 Å². The van der Waals surface area contributed by atoms with Gasteiger partial charge in [0.25, 0.3) is 0 Å². The van der Waals surface area contributed by atoms with Crippen molar-refractivity contribution < 1.29 is 19.4 Å². The lowest BCUT2D eigenvalue weighted by atomic mass is 9.99. The second kappa shape index (κ2) is 11.9. The van der Waals surface area contributed by atoms with E-state index < -0.39 is 17.9 Å². The Morgan fingerprint density at radius 1 is 1.08 bits per heavy atom. The first-order chi connectivity index (χ1) is 11.9. The quantitative estimate of drug-likeness (QED) is 0.310. The van der Waals surface area contributed by atoms with E-state index in [1.165, 1.54) is 5.56 Å². The average molecular weight is 369 g/mol. The Morgan fingerprint density at radius 3 is 2.28 bits per heavy atom. The number of carboxylic acid groups (broad SMARTS) is 1. The monoisotopic (exact) mass is 368 g/mol. The lowest BCUT2D eigenvalue weighted by molar-refractivity contribution is -0.162. The van der Waals surface area contributed by atoms with Crippen LogP contribution in [0.5, 0.6) is 0 Å². The van der Waals surface area contributed by atoms with E-state index in [4.69, 9.17) is 16.3 Å². The molecular weight excluding hydrogens is 340 g/mol. The summed E-state index contributed by atoms with van der Waals surface area (Å²) in [4.78, 5) is 23.1. The number of ether oxygens (including phenoxy) is 1. The van der Waals surface area contributed by atoms with Crippen LogP contribution < -0.4 is 0 Å². The third-order valence-electron chi connectivity index (χ3n) is 4.35. The molecule has 0 amide bonds. The van der Waals surface area contributed by atoms with Gasteiger partial charge in [-0.1, -0.05) is 56.3 Å². The average Bonchev–Trinajstić information content (AvgIpc) is 2.58. The van der Waals surface area contributed by atoms with E-state index in [1.54, 1.807) is 6.92 Å². The zero-order valence-electron chi connectivity index (χ0n) is 15.2. The third kappa shape index (κ3) is 8.92. The highest BCUT2D eigenvalue weighted by Crippen LogP contribution is 2.17. The van der Waals surface area contributed by atoms with Gasteiger partial charge in [-0.05, 0) is 50.3 Å². The van der Waals surface area contributed by atoms with Crippen LogP contribution >= 0.6 is 11.6 Å². The molecule has 25 heavy (non-hydrogen) atoms. The van der Waals surface area contributed by atoms with Crippen molar-refractivity contribution >= 4 is 23.5 Å². The summed E-state index contributed by atoms with van der Waals surface area (Å²) in [5.41, 5.74) is 1.28. The van der Waals surface area contributed by atoms with Gasteiger partial charge < -0.3 is 9.84 Å². The minimum atomic E-state index is -1.09. The van der Waals surface area contributed by atoms with E-state index in [0.29, 0.717) is 12.8 Å². The first kappa shape index (κ1) is 21.5. The topological polar surface area (TPSA) is 63.6 Å². The molecule has 1 aromatic carbocycles. The lowest BCUT2D eigenvalue weighted by Crippen LogP contribution is -2.28. The number of rotatable bonds is 12. The Labute approximate surface area is 155 Å². The van der Waals surface area contributed by atoms with Crippen LogP contribution in [0.25, 0.3) is 0 Å². The minimum Gasteiger partial charge on any atom is -0.481 e. The molecule has 0 aliphatic carbocycles. The molecule has 2 atom stereocenters. The smallest absolute Gasteiger partial charge is 0.320 e. The Balaban J connectivity index is 2.18. The number of carboxylic acids is 1. The Morgan fingerprint density at radius 2 is 1.68 bits per heavy atom. The first-order valence-electron chi connectivity index (χ1n) is 9.11. The van der Waals surface area contributed by atoms with Crippen molar-refractivity contribution in [3.05, 3.63) is 34.9 Å². The zero-order chi connectivity index (χ0) is 18.7. The molecule has 1 N–H and O–H groups in total. The maximum absolute atomic E-state index is 11.9.